The molecule has 0 aliphatic heterocycles. The van der Waals surface area contributed by atoms with E-state index >= 15 is 0 Å². The molecule has 0 atom stereocenters. The minimum atomic E-state index is -0.183. The summed E-state index contributed by atoms with van der Waals surface area (Å²) >= 11 is 0. The van der Waals surface area contributed by atoms with E-state index in [4.69, 9.17) is 4.98 Å². The molecule has 0 radical (unpaired) electrons. The Morgan fingerprint density at radius 2 is 0.879 bits per heavy atom. The Balaban J connectivity index is 2.00. The molecule has 3 aromatic carbocycles. The molecule has 0 bridgehead atoms. The monoisotopic (exact) mass is 435 g/mol. The number of benzene rings is 3. The fourth-order valence-corrected chi connectivity index (χ4v) is 4.16. The molecule has 4 aromatic rings. The minimum Gasteiger partial charge on any atom is -0.507 e. The zero-order chi connectivity index (χ0) is 23.8. The molecule has 1 aromatic heterocycles. The molecule has 0 aliphatic rings. The van der Waals surface area contributed by atoms with Crippen molar-refractivity contribution in [3.05, 3.63) is 96.1 Å². The van der Waals surface area contributed by atoms with Crippen LogP contribution in [-0.4, -0.2) is 10.1 Å². The van der Waals surface area contributed by atoms with Gasteiger partial charge in [-0.05, 0) is 46.2 Å². The van der Waals surface area contributed by atoms with Crippen molar-refractivity contribution in [3.63, 3.8) is 0 Å². The zero-order valence-electron chi connectivity index (χ0n) is 20.5. The summed E-state index contributed by atoms with van der Waals surface area (Å²) < 4.78 is 0. The highest BCUT2D eigenvalue weighted by Gasteiger charge is 2.27. The summed E-state index contributed by atoms with van der Waals surface area (Å²) in [6, 6.07) is 29.2. The van der Waals surface area contributed by atoms with Gasteiger partial charge in [-0.25, -0.2) is 4.98 Å². The maximum atomic E-state index is 11.2. The van der Waals surface area contributed by atoms with Crippen LogP contribution >= 0.6 is 0 Å². The first kappa shape index (κ1) is 22.8. The van der Waals surface area contributed by atoms with E-state index in [9.17, 15) is 5.11 Å². The van der Waals surface area contributed by atoms with Crippen molar-refractivity contribution < 1.29 is 5.11 Å². The molecule has 0 aliphatic carbocycles. The molecule has 2 nitrogen and oxygen atoms in total. The van der Waals surface area contributed by atoms with Crippen LogP contribution in [0.2, 0.25) is 0 Å². The lowest BCUT2D eigenvalue weighted by Gasteiger charge is -2.28. The SMILES string of the molecule is CC(C)(C)c1cc(-c2cc(-c3ccccc3)nc(-c3ccccc3)c2)cc(C(C)(C)C)c1O. The molecule has 2 heteroatoms. The van der Waals surface area contributed by atoms with Gasteiger partial charge in [0, 0.05) is 22.3 Å². The molecule has 33 heavy (non-hydrogen) atoms. The van der Waals surface area contributed by atoms with Crippen LogP contribution in [0.4, 0.5) is 0 Å². The fourth-order valence-electron chi connectivity index (χ4n) is 4.16. The van der Waals surface area contributed by atoms with E-state index in [0.29, 0.717) is 5.75 Å². The lowest BCUT2D eigenvalue weighted by Crippen LogP contribution is -2.17. The number of aromatic nitrogens is 1. The molecular formula is C31H33NO. The second-order valence-electron chi connectivity index (χ2n) is 10.8. The van der Waals surface area contributed by atoms with Gasteiger partial charge in [-0.1, -0.05) is 102 Å². The maximum absolute atomic E-state index is 11.2. The lowest BCUT2D eigenvalue weighted by atomic mass is 9.77. The third-order valence-corrected chi connectivity index (χ3v) is 6.02. The van der Waals surface area contributed by atoms with E-state index < -0.39 is 0 Å². The summed E-state index contributed by atoms with van der Waals surface area (Å²) in [5.74, 6) is 0.402. The number of phenolic OH excluding ortho intramolecular Hbond substituents is 1. The van der Waals surface area contributed by atoms with Crippen LogP contribution < -0.4 is 0 Å². The summed E-state index contributed by atoms with van der Waals surface area (Å²) in [4.78, 5) is 5.01. The van der Waals surface area contributed by atoms with Gasteiger partial charge in [0.1, 0.15) is 5.75 Å². The second kappa shape index (κ2) is 8.51. The van der Waals surface area contributed by atoms with Gasteiger partial charge in [0.05, 0.1) is 11.4 Å². The van der Waals surface area contributed by atoms with Crippen LogP contribution in [0.15, 0.2) is 84.9 Å². The molecular weight excluding hydrogens is 402 g/mol. The zero-order valence-corrected chi connectivity index (χ0v) is 20.5. The third-order valence-electron chi connectivity index (χ3n) is 6.02. The van der Waals surface area contributed by atoms with Gasteiger partial charge in [0.2, 0.25) is 0 Å². The number of hydrogen-bond acceptors (Lipinski definition) is 2. The van der Waals surface area contributed by atoms with E-state index in [1.165, 1.54) is 0 Å². The number of phenols is 1. The van der Waals surface area contributed by atoms with Crippen LogP contribution in [-0.2, 0) is 10.8 Å². The summed E-state index contributed by atoms with van der Waals surface area (Å²) in [7, 11) is 0. The summed E-state index contributed by atoms with van der Waals surface area (Å²) in [6.07, 6.45) is 0. The molecule has 0 saturated carbocycles. The van der Waals surface area contributed by atoms with E-state index in [0.717, 1.165) is 44.8 Å². The van der Waals surface area contributed by atoms with Crippen molar-refractivity contribution in [2.45, 2.75) is 52.4 Å². The first-order valence-electron chi connectivity index (χ1n) is 11.6. The van der Waals surface area contributed by atoms with Crippen molar-refractivity contribution in [2.75, 3.05) is 0 Å². The lowest BCUT2D eigenvalue weighted by molar-refractivity contribution is 0.423. The van der Waals surface area contributed by atoms with Crippen LogP contribution in [0.3, 0.4) is 0 Å². The number of hydrogen-bond donors (Lipinski definition) is 1. The molecule has 0 fully saturated rings. The standard InChI is InChI=1S/C31H33NO/c1-30(2,3)25-17-23(18-26(29(25)33)31(4,5)6)24-19-27(21-13-9-7-10-14-21)32-28(20-24)22-15-11-8-12-16-22/h7-20,33H,1-6H3. The molecule has 1 heterocycles. The van der Waals surface area contributed by atoms with Gasteiger partial charge < -0.3 is 5.11 Å². The van der Waals surface area contributed by atoms with Gasteiger partial charge >= 0.3 is 0 Å². The molecule has 168 valence electrons. The number of pyridine rings is 1. The van der Waals surface area contributed by atoms with Crippen molar-refractivity contribution in [3.8, 4) is 39.4 Å². The molecule has 0 spiro atoms. The minimum absolute atomic E-state index is 0.183. The van der Waals surface area contributed by atoms with Crippen LogP contribution in [0, 0.1) is 0 Å². The van der Waals surface area contributed by atoms with Crippen LogP contribution in [0.1, 0.15) is 52.7 Å². The van der Waals surface area contributed by atoms with Gasteiger partial charge in [-0.2, -0.15) is 0 Å². The number of aromatic hydroxyl groups is 1. The van der Waals surface area contributed by atoms with Gasteiger partial charge in [-0.15, -0.1) is 0 Å². The van der Waals surface area contributed by atoms with E-state index in [-0.39, 0.29) is 10.8 Å². The number of rotatable bonds is 3. The Morgan fingerprint density at radius 1 is 0.515 bits per heavy atom. The van der Waals surface area contributed by atoms with Gasteiger partial charge in [0.15, 0.2) is 0 Å². The maximum Gasteiger partial charge on any atom is 0.123 e. The van der Waals surface area contributed by atoms with Crippen molar-refractivity contribution >= 4 is 0 Å². The largest absolute Gasteiger partial charge is 0.507 e. The van der Waals surface area contributed by atoms with Gasteiger partial charge in [-0.3, -0.25) is 0 Å². The Kier molecular flexibility index (Phi) is 5.88. The third kappa shape index (κ3) is 4.85. The van der Waals surface area contributed by atoms with E-state index in [2.05, 4.69) is 90.1 Å². The molecule has 4 rings (SSSR count). The smallest absolute Gasteiger partial charge is 0.123 e. The van der Waals surface area contributed by atoms with Crippen LogP contribution in [0.25, 0.3) is 33.6 Å². The summed E-state index contributed by atoms with van der Waals surface area (Å²) in [6.45, 7) is 12.9. The van der Waals surface area contributed by atoms with Crippen LogP contribution in [0.5, 0.6) is 5.75 Å². The summed E-state index contributed by atoms with van der Waals surface area (Å²) in [5, 5.41) is 11.2. The predicted octanol–water partition coefficient (Wildman–Crippen LogP) is 8.38. The number of nitrogens with zero attached hydrogens (tertiary/aromatic N) is 1. The quantitative estimate of drug-likeness (QED) is 0.350. The Hall–Kier alpha value is -3.39. The Bertz CT molecular complexity index is 1170. The van der Waals surface area contributed by atoms with Crippen molar-refractivity contribution in [1.29, 1.82) is 0 Å². The first-order valence-corrected chi connectivity index (χ1v) is 11.6. The predicted molar refractivity (Wildman–Crippen MR) is 140 cm³/mol. The van der Waals surface area contributed by atoms with E-state index in [1.807, 2.05) is 36.4 Å². The molecule has 0 unspecified atom stereocenters. The topological polar surface area (TPSA) is 33.1 Å². The molecule has 0 saturated heterocycles. The highest BCUT2D eigenvalue weighted by molar-refractivity contribution is 5.78. The average molecular weight is 436 g/mol. The highest BCUT2D eigenvalue weighted by atomic mass is 16.3. The second-order valence-corrected chi connectivity index (χ2v) is 10.8. The molecule has 0 amide bonds. The van der Waals surface area contributed by atoms with Crippen molar-refractivity contribution in [2.24, 2.45) is 0 Å². The fraction of sp³-hybridized carbons (Fsp3) is 0.258. The van der Waals surface area contributed by atoms with Crippen molar-refractivity contribution in [1.82, 2.24) is 4.98 Å². The van der Waals surface area contributed by atoms with Gasteiger partial charge in [0.25, 0.3) is 0 Å². The Morgan fingerprint density at radius 3 is 1.24 bits per heavy atom. The Labute approximate surface area is 198 Å². The molecule has 1 N–H and O–H groups in total. The highest BCUT2D eigenvalue weighted by Crippen LogP contribution is 2.42. The van der Waals surface area contributed by atoms with E-state index in [1.54, 1.807) is 0 Å². The average Bonchev–Trinajstić information content (AvgIpc) is 2.78. The summed E-state index contributed by atoms with van der Waals surface area (Å²) in [5.41, 5.74) is 7.80. The first-order chi connectivity index (χ1) is 15.5. The normalized spacial score (nSPS) is 12.1.